The maximum atomic E-state index is 13.2. The van der Waals surface area contributed by atoms with E-state index >= 15 is 0 Å². The number of methoxy groups -OCH3 is 1. The van der Waals surface area contributed by atoms with Gasteiger partial charge in [-0.3, -0.25) is 14.8 Å². The van der Waals surface area contributed by atoms with Crippen molar-refractivity contribution in [3.05, 3.63) is 100 Å². The monoisotopic (exact) mass is 537 g/mol. The second-order valence-corrected chi connectivity index (χ2v) is 10.8. The highest BCUT2D eigenvalue weighted by Gasteiger charge is 2.23. The molecule has 1 unspecified atom stereocenters. The van der Waals surface area contributed by atoms with Crippen molar-refractivity contribution >= 4 is 17.2 Å². The van der Waals surface area contributed by atoms with Crippen LogP contribution in [0.5, 0.6) is 5.75 Å². The number of aryl methyl sites for hydroxylation is 4. The van der Waals surface area contributed by atoms with Gasteiger partial charge in [0.05, 0.1) is 18.9 Å². The summed E-state index contributed by atoms with van der Waals surface area (Å²) in [7, 11) is 1.69. The molecule has 0 aliphatic carbocycles. The second kappa shape index (κ2) is 14.1. The molecule has 5 nitrogen and oxygen atoms in total. The Kier molecular flexibility index (Phi) is 10.3. The van der Waals surface area contributed by atoms with E-state index in [2.05, 4.69) is 74.3 Å². The molecular formula is C35H43N3O2. The van der Waals surface area contributed by atoms with E-state index in [0.717, 1.165) is 73.5 Å². The molecule has 0 saturated carbocycles. The van der Waals surface area contributed by atoms with Crippen LogP contribution in [0.25, 0.3) is 5.57 Å². The quantitative estimate of drug-likeness (QED) is 0.230. The fourth-order valence-electron chi connectivity index (χ4n) is 5.29. The predicted molar refractivity (Wildman–Crippen MR) is 165 cm³/mol. The summed E-state index contributed by atoms with van der Waals surface area (Å²) in [6, 6.07) is 19.1. The fourth-order valence-corrected chi connectivity index (χ4v) is 5.29. The summed E-state index contributed by atoms with van der Waals surface area (Å²) >= 11 is 0. The third kappa shape index (κ3) is 7.47. The van der Waals surface area contributed by atoms with Crippen molar-refractivity contribution in [3.8, 4) is 5.75 Å². The molecule has 3 aromatic rings. The molecule has 2 aromatic carbocycles. The third-order valence-corrected chi connectivity index (χ3v) is 7.76. The zero-order chi connectivity index (χ0) is 28.5. The zero-order valence-corrected chi connectivity index (χ0v) is 24.7. The molecule has 1 amide bonds. The summed E-state index contributed by atoms with van der Waals surface area (Å²) in [4.78, 5) is 25.0. The summed E-state index contributed by atoms with van der Waals surface area (Å²) in [6.07, 6.45) is 8.98. The van der Waals surface area contributed by atoms with Crippen molar-refractivity contribution in [3.63, 3.8) is 0 Å². The maximum absolute atomic E-state index is 13.2. The van der Waals surface area contributed by atoms with Gasteiger partial charge in [0.25, 0.3) is 0 Å². The first-order valence-corrected chi connectivity index (χ1v) is 14.6. The third-order valence-electron chi connectivity index (χ3n) is 7.76. The molecule has 0 spiro atoms. The first kappa shape index (κ1) is 29.3. The molecule has 0 radical (unpaired) electrons. The van der Waals surface area contributed by atoms with Crippen molar-refractivity contribution in [2.24, 2.45) is 4.99 Å². The first-order valence-electron chi connectivity index (χ1n) is 14.6. The lowest BCUT2D eigenvalue weighted by atomic mass is 9.95. The summed E-state index contributed by atoms with van der Waals surface area (Å²) < 4.78 is 5.44. The van der Waals surface area contributed by atoms with E-state index in [1.165, 1.54) is 22.3 Å². The number of benzene rings is 2. The second-order valence-electron chi connectivity index (χ2n) is 10.8. The highest BCUT2D eigenvalue weighted by molar-refractivity contribution is 6.15. The van der Waals surface area contributed by atoms with Crippen LogP contribution in [-0.4, -0.2) is 47.7 Å². The molecule has 1 atom stereocenters. The molecule has 4 rings (SSSR count). The molecule has 210 valence electrons. The van der Waals surface area contributed by atoms with Gasteiger partial charge in [-0.1, -0.05) is 49.4 Å². The summed E-state index contributed by atoms with van der Waals surface area (Å²) in [5.41, 5.74) is 9.24. The highest BCUT2D eigenvalue weighted by atomic mass is 16.5. The van der Waals surface area contributed by atoms with Crippen molar-refractivity contribution in [2.45, 2.75) is 72.3 Å². The first-order chi connectivity index (χ1) is 19.4. The van der Waals surface area contributed by atoms with Crippen LogP contribution in [0.2, 0.25) is 0 Å². The molecule has 2 heterocycles. The number of rotatable bonds is 13. The van der Waals surface area contributed by atoms with E-state index in [0.29, 0.717) is 6.42 Å². The average molecular weight is 538 g/mol. The molecule has 0 bridgehead atoms. The largest absolute Gasteiger partial charge is 0.496 e. The molecule has 5 heteroatoms. The number of hydrogen-bond acceptors (Lipinski definition) is 4. The van der Waals surface area contributed by atoms with Crippen molar-refractivity contribution in [1.29, 1.82) is 0 Å². The molecule has 0 N–H and O–H groups in total. The Morgan fingerprint density at radius 3 is 2.45 bits per heavy atom. The van der Waals surface area contributed by atoms with E-state index < -0.39 is 0 Å². The number of allylic oxidation sites excluding steroid dienone is 1. The van der Waals surface area contributed by atoms with E-state index in [9.17, 15) is 4.79 Å². The molecule has 1 aliphatic rings. The molecule has 1 aromatic heterocycles. The fraction of sp³-hybridized carbons (Fsp3) is 0.400. The Hall–Kier alpha value is -3.73. The van der Waals surface area contributed by atoms with Crippen LogP contribution in [0, 0.1) is 20.8 Å². The van der Waals surface area contributed by atoms with Gasteiger partial charge in [-0.15, -0.1) is 0 Å². The SMILES string of the molecule is CCCN(CCCc1cc(OC)c(C)cn1)C(=O)CCCC1N=C(c2ccc(C)c(C)c2)C=C1c1ccccc1. The number of carbonyl (C=O) groups excluding carboxylic acids is 1. The minimum absolute atomic E-state index is 0.0639. The van der Waals surface area contributed by atoms with Crippen molar-refractivity contribution < 1.29 is 9.53 Å². The Morgan fingerprint density at radius 1 is 0.925 bits per heavy atom. The highest BCUT2D eigenvalue weighted by Crippen LogP contribution is 2.31. The van der Waals surface area contributed by atoms with Crippen molar-refractivity contribution in [1.82, 2.24) is 9.88 Å². The Bertz CT molecular complexity index is 1360. The van der Waals surface area contributed by atoms with Gasteiger partial charge < -0.3 is 9.64 Å². The van der Waals surface area contributed by atoms with Crippen LogP contribution < -0.4 is 4.74 Å². The number of amides is 1. The molecule has 1 aliphatic heterocycles. The van der Waals surface area contributed by atoms with Crippen LogP contribution in [0.15, 0.2) is 71.9 Å². The number of nitrogens with zero attached hydrogens (tertiary/aromatic N) is 3. The van der Waals surface area contributed by atoms with E-state index in [1.54, 1.807) is 7.11 Å². The minimum atomic E-state index is 0.0639. The van der Waals surface area contributed by atoms with Crippen molar-refractivity contribution in [2.75, 3.05) is 20.2 Å². The number of ether oxygens (including phenoxy) is 1. The van der Waals surface area contributed by atoms with Gasteiger partial charge in [-0.25, -0.2) is 0 Å². The molecular weight excluding hydrogens is 494 g/mol. The van der Waals surface area contributed by atoms with Crippen LogP contribution in [0.4, 0.5) is 0 Å². The smallest absolute Gasteiger partial charge is 0.222 e. The zero-order valence-electron chi connectivity index (χ0n) is 24.7. The van der Waals surface area contributed by atoms with Gasteiger partial charge in [0.2, 0.25) is 5.91 Å². The lowest BCUT2D eigenvalue weighted by Crippen LogP contribution is -2.33. The van der Waals surface area contributed by atoms with Crippen LogP contribution in [-0.2, 0) is 11.2 Å². The lowest BCUT2D eigenvalue weighted by Gasteiger charge is -2.22. The van der Waals surface area contributed by atoms with Gasteiger partial charge in [0.15, 0.2) is 0 Å². The average Bonchev–Trinajstić information content (AvgIpc) is 3.39. The summed E-state index contributed by atoms with van der Waals surface area (Å²) in [5.74, 6) is 1.10. The normalized spacial score (nSPS) is 14.6. The minimum Gasteiger partial charge on any atom is -0.496 e. The molecule has 0 saturated heterocycles. The summed E-state index contributed by atoms with van der Waals surface area (Å²) in [6.45, 7) is 9.95. The van der Waals surface area contributed by atoms with Gasteiger partial charge in [0, 0.05) is 43.0 Å². The van der Waals surface area contributed by atoms with E-state index in [-0.39, 0.29) is 11.9 Å². The Balaban J connectivity index is 1.37. The number of pyridine rings is 1. The predicted octanol–water partition coefficient (Wildman–Crippen LogP) is 7.31. The lowest BCUT2D eigenvalue weighted by molar-refractivity contribution is -0.131. The summed E-state index contributed by atoms with van der Waals surface area (Å²) in [5, 5.41) is 0. The van der Waals surface area contributed by atoms with Gasteiger partial charge in [-0.2, -0.15) is 0 Å². The Morgan fingerprint density at radius 2 is 1.73 bits per heavy atom. The van der Waals surface area contributed by atoms with Gasteiger partial charge in [0.1, 0.15) is 5.75 Å². The Labute approximate surface area is 240 Å². The maximum Gasteiger partial charge on any atom is 0.222 e. The molecule has 40 heavy (non-hydrogen) atoms. The van der Waals surface area contributed by atoms with Gasteiger partial charge >= 0.3 is 0 Å². The van der Waals surface area contributed by atoms with E-state index in [1.807, 2.05) is 30.2 Å². The molecule has 0 fully saturated rings. The topological polar surface area (TPSA) is 54.8 Å². The standard InChI is InChI=1S/C35H43N3O2/c1-6-19-38(20-11-14-30-22-34(40-5)27(4)24-36-30)35(39)16-10-15-32-31(28-12-8-7-9-13-28)23-33(37-32)29-18-17-25(2)26(3)21-29/h7-9,12-13,17-18,21-24,32H,6,10-11,14-16,19-20H2,1-5H3. The van der Waals surface area contributed by atoms with Crippen LogP contribution in [0.1, 0.15) is 72.5 Å². The van der Waals surface area contributed by atoms with Crippen LogP contribution >= 0.6 is 0 Å². The number of aliphatic imine (C=N–C) groups is 1. The number of carbonyl (C=O) groups is 1. The number of hydrogen-bond donors (Lipinski definition) is 0. The number of aromatic nitrogens is 1. The van der Waals surface area contributed by atoms with Crippen LogP contribution in [0.3, 0.4) is 0 Å². The van der Waals surface area contributed by atoms with Gasteiger partial charge in [-0.05, 0) is 92.8 Å². The van der Waals surface area contributed by atoms with E-state index in [4.69, 9.17) is 9.73 Å².